The number of carboxylic acid groups (broad SMARTS) is 1. The zero-order valence-electron chi connectivity index (χ0n) is 15.9. The smallest absolute Gasteiger partial charge is 0.326 e. The number of nitrogens with two attached hydrogens (primary N) is 1. The Bertz CT molecular complexity index is 517. The average Bonchev–Trinajstić information content (AvgIpc) is 2.60. The predicted octanol–water partition coefficient (Wildman–Crippen LogP) is -1.72. The summed E-state index contributed by atoms with van der Waals surface area (Å²) in [6.45, 7) is 2.73. The molecule has 10 nitrogen and oxygen atoms in total. The number of hydrogen-bond donors (Lipinski definition) is 6. The molecule has 0 saturated heterocycles. The minimum absolute atomic E-state index is 0.0724. The predicted molar refractivity (Wildman–Crippen MR) is 102 cm³/mol. The largest absolute Gasteiger partial charge is 0.480 e. The highest BCUT2D eigenvalue weighted by Crippen LogP contribution is 2.05. The molecule has 0 bridgehead atoms. The van der Waals surface area contributed by atoms with E-state index >= 15 is 0 Å². The topological polar surface area (TPSA) is 171 Å². The first-order valence-electron chi connectivity index (χ1n) is 8.57. The summed E-state index contributed by atoms with van der Waals surface area (Å²) in [5, 5.41) is 25.2. The third kappa shape index (κ3) is 10.8. The lowest BCUT2D eigenvalue weighted by atomic mass is 10.0. The number of aliphatic hydroxyl groups excluding tert-OH is 1. The Kier molecular flexibility index (Phi) is 12.4. The molecule has 7 N–H and O–H groups in total. The van der Waals surface area contributed by atoms with Crippen molar-refractivity contribution in [1.29, 1.82) is 0 Å². The van der Waals surface area contributed by atoms with E-state index in [1.54, 1.807) is 0 Å². The van der Waals surface area contributed by atoms with Crippen LogP contribution in [0, 0.1) is 5.92 Å². The second-order valence-corrected chi connectivity index (χ2v) is 7.42. The average molecular weight is 407 g/mol. The zero-order valence-corrected chi connectivity index (χ0v) is 16.7. The van der Waals surface area contributed by atoms with Crippen LogP contribution in [0.5, 0.6) is 0 Å². The van der Waals surface area contributed by atoms with E-state index in [4.69, 9.17) is 15.9 Å². The maximum absolute atomic E-state index is 12.3. The first kappa shape index (κ1) is 25.1. The molecule has 0 aliphatic rings. The van der Waals surface area contributed by atoms with Crippen molar-refractivity contribution >= 4 is 35.5 Å². The molecule has 156 valence electrons. The van der Waals surface area contributed by atoms with Crippen molar-refractivity contribution in [3.63, 3.8) is 0 Å². The number of carbonyl (C=O) groups excluding carboxylic acids is 3. The van der Waals surface area contributed by atoms with Crippen molar-refractivity contribution in [2.24, 2.45) is 11.7 Å². The molecule has 0 heterocycles. The zero-order chi connectivity index (χ0) is 21.0. The van der Waals surface area contributed by atoms with Crippen LogP contribution in [0.1, 0.15) is 26.7 Å². The molecule has 0 fully saturated rings. The van der Waals surface area contributed by atoms with Gasteiger partial charge in [0.1, 0.15) is 18.1 Å². The molecule has 0 saturated carbocycles. The van der Waals surface area contributed by atoms with Gasteiger partial charge in [-0.3, -0.25) is 14.4 Å². The van der Waals surface area contributed by atoms with Crippen LogP contribution in [0.2, 0.25) is 0 Å². The second-order valence-electron chi connectivity index (χ2n) is 6.44. The van der Waals surface area contributed by atoms with Crippen molar-refractivity contribution in [2.75, 3.05) is 25.2 Å². The van der Waals surface area contributed by atoms with Gasteiger partial charge in [-0.15, -0.1) is 0 Å². The molecule has 0 aromatic rings. The highest BCUT2D eigenvalue weighted by Gasteiger charge is 2.25. The molecule has 27 heavy (non-hydrogen) atoms. The van der Waals surface area contributed by atoms with Crippen molar-refractivity contribution in [1.82, 2.24) is 16.0 Å². The first-order valence-corrected chi connectivity index (χ1v) is 9.97. The molecule has 0 spiro atoms. The van der Waals surface area contributed by atoms with Crippen LogP contribution < -0.4 is 21.7 Å². The third-order valence-corrected chi connectivity index (χ3v) is 4.18. The van der Waals surface area contributed by atoms with Crippen LogP contribution in [-0.4, -0.2) is 77.2 Å². The Labute approximate surface area is 163 Å². The summed E-state index contributed by atoms with van der Waals surface area (Å²) in [7, 11) is 0. The molecule has 0 radical (unpaired) electrons. The Morgan fingerprint density at radius 2 is 1.70 bits per heavy atom. The summed E-state index contributed by atoms with van der Waals surface area (Å²) in [4.78, 5) is 47.1. The minimum Gasteiger partial charge on any atom is -0.480 e. The van der Waals surface area contributed by atoms with E-state index in [-0.39, 0.29) is 12.3 Å². The Balaban J connectivity index is 4.71. The summed E-state index contributed by atoms with van der Waals surface area (Å²) in [5.74, 6) is -2.41. The van der Waals surface area contributed by atoms with E-state index in [2.05, 4.69) is 16.0 Å². The fraction of sp³-hybridized carbons (Fsp3) is 0.750. The van der Waals surface area contributed by atoms with Gasteiger partial charge in [0.05, 0.1) is 13.2 Å². The lowest BCUT2D eigenvalue weighted by Gasteiger charge is -2.22. The summed E-state index contributed by atoms with van der Waals surface area (Å²) < 4.78 is 0. The van der Waals surface area contributed by atoms with E-state index in [0.717, 1.165) is 0 Å². The third-order valence-electron chi connectivity index (χ3n) is 3.54. The summed E-state index contributed by atoms with van der Waals surface area (Å²) in [6, 6.07) is -3.10. The quantitative estimate of drug-likeness (QED) is 0.210. The summed E-state index contributed by atoms with van der Waals surface area (Å²) in [6.07, 6.45) is 2.40. The number of rotatable bonds is 13. The summed E-state index contributed by atoms with van der Waals surface area (Å²) >= 11 is 1.46. The fourth-order valence-electron chi connectivity index (χ4n) is 2.09. The molecule has 3 unspecified atom stereocenters. The molecular weight excluding hydrogens is 376 g/mol. The van der Waals surface area contributed by atoms with Crippen molar-refractivity contribution < 1.29 is 29.4 Å². The van der Waals surface area contributed by atoms with Crippen LogP contribution in [0.4, 0.5) is 0 Å². The normalized spacial score (nSPS) is 14.1. The number of carbonyl (C=O) groups is 4. The molecule has 3 amide bonds. The molecule has 0 aromatic carbocycles. The monoisotopic (exact) mass is 406 g/mol. The van der Waals surface area contributed by atoms with Crippen LogP contribution in [0.15, 0.2) is 0 Å². The molecule has 3 atom stereocenters. The number of aliphatic hydroxyl groups is 1. The lowest BCUT2D eigenvalue weighted by molar-refractivity contribution is -0.141. The van der Waals surface area contributed by atoms with Gasteiger partial charge in [-0.05, 0) is 30.8 Å². The van der Waals surface area contributed by atoms with E-state index in [1.807, 2.05) is 20.1 Å². The van der Waals surface area contributed by atoms with Gasteiger partial charge in [-0.25, -0.2) is 4.79 Å². The van der Waals surface area contributed by atoms with Gasteiger partial charge in [0.15, 0.2) is 0 Å². The Morgan fingerprint density at radius 1 is 1.07 bits per heavy atom. The van der Waals surface area contributed by atoms with Crippen molar-refractivity contribution in [3.05, 3.63) is 0 Å². The van der Waals surface area contributed by atoms with Gasteiger partial charge in [-0.2, -0.15) is 11.8 Å². The molecule has 0 aromatic heterocycles. The number of thioether (sulfide) groups is 1. The summed E-state index contributed by atoms with van der Waals surface area (Å²) in [5.41, 5.74) is 5.43. The maximum Gasteiger partial charge on any atom is 0.326 e. The number of carboxylic acids is 1. The van der Waals surface area contributed by atoms with Crippen LogP contribution in [0.25, 0.3) is 0 Å². The van der Waals surface area contributed by atoms with Gasteiger partial charge in [-0.1, -0.05) is 13.8 Å². The second kappa shape index (κ2) is 13.3. The SMILES string of the molecule is CSCCC(NC(=O)CNC(=O)C(CC(C)C)NC(=O)C(N)CO)C(=O)O. The van der Waals surface area contributed by atoms with Gasteiger partial charge >= 0.3 is 5.97 Å². The molecule has 0 aliphatic carbocycles. The van der Waals surface area contributed by atoms with Crippen LogP contribution in [0.3, 0.4) is 0 Å². The van der Waals surface area contributed by atoms with Gasteiger partial charge in [0.2, 0.25) is 17.7 Å². The highest BCUT2D eigenvalue weighted by atomic mass is 32.2. The van der Waals surface area contributed by atoms with Crippen molar-refractivity contribution in [3.8, 4) is 0 Å². The van der Waals surface area contributed by atoms with E-state index in [9.17, 15) is 19.2 Å². The highest BCUT2D eigenvalue weighted by molar-refractivity contribution is 7.98. The van der Waals surface area contributed by atoms with Gasteiger partial charge in [0, 0.05) is 0 Å². The number of amides is 3. The lowest BCUT2D eigenvalue weighted by Crippen LogP contribution is -2.54. The van der Waals surface area contributed by atoms with Gasteiger partial charge < -0.3 is 31.9 Å². The molecule has 11 heteroatoms. The van der Waals surface area contributed by atoms with Crippen molar-refractivity contribution in [2.45, 2.75) is 44.8 Å². The Hall–Kier alpha value is -1.85. The Morgan fingerprint density at radius 3 is 2.19 bits per heavy atom. The van der Waals surface area contributed by atoms with E-state index < -0.39 is 55.0 Å². The first-order chi connectivity index (χ1) is 12.6. The molecule has 0 aliphatic heterocycles. The van der Waals surface area contributed by atoms with Crippen LogP contribution in [-0.2, 0) is 19.2 Å². The molecular formula is C16H30N4O6S. The van der Waals surface area contributed by atoms with Gasteiger partial charge in [0.25, 0.3) is 0 Å². The van der Waals surface area contributed by atoms with Crippen LogP contribution >= 0.6 is 11.8 Å². The standard InChI is InChI=1S/C16H30N4O6S/c1-9(2)6-12(20-14(23)10(17)8-21)15(24)18-7-13(22)19-11(16(25)26)4-5-27-3/h9-12,21H,4-8,17H2,1-3H3,(H,18,24)(H,19,22)(H,20,23)(H,25,26). The van der Waals surface area contributed by atoms with E-state index in [1.165, 1.54) is 11.8 Å². The minimum atomic E-state index is -1.15. The number of aliphatic carboxylic acids is 1. The maximum atomic E-state index is 12.3. The van der Waals surface area contributed by atoms with E-state index in [0.29, 0.717) is 12.2 Å². The number of hydrogen-bond acceptors (Lipinski definition) is 7. The number of nitrogens with one attached hydrogen (secondary N) is 3. The molecule has 0 rings (SSSR count). The fourth-order valence-corrected chi connectivity index (χ4v) is 2.57.